The summed E-state index contributed by atoms with van der Waals surface area (Å²) >= 11 is 1.07. The average Bonchev–Trinajstić information content (AvgIpc) is 2.45. The first-order chi connectivity index (χ1) is 10.0. The molecule has 0 aliphatic rings. The number of hydrogen-bond donors (Lipinski definition) is 3. The maximum Gasteiger partial charge on any atom is 0.427 e. The Morgan fingerprint density at radius 2 is 1.95 bits per heavy atom. The minimum Gasteiger partial charge on any atom is -0.462 e. The third kappa shape index (κ3) is 6.53. The van der Waals surface area contributed by atoms with Crippen molar-refractivity contribution in [2.75, 3.05) is 19.5 Å². The molecule has 0 aromatic heterocycles. The van der Waals surface area contributed by atoms with Crippen molar-refractivity contribution >= 4 is 29.7 Å². The van der Waals surface area contributed by atoms with E-state index in [-0.39, 0.29) is 29.7 Å². The highest BCUT2D eigenvalue weighted by Crippen LogP contribution is 2.15. The lowest BCUT2D eigenvalue weighted by atomic mass is 10.2. The van der Waals surface area contributed by atoms with Crippen LogP contribution in [0.1, 0.15) is 13.8 Å². The molecule has 0 aliphatic carbocycles. The van der Waals surface area contributed by atoms with Crippen molar-refractivity contribution in [2.24, 2.45) is 10.8 Å². The van der Waals surface area contributed by atoms with Gasteiger partial charge >= 0.3 is 12.1 Å². The molecule has 0 aliphatic heterocycles. The van der Waals surface area contributed by atoms with Crippen molar-refractivity contribution in [3.63, 3.8) is 0 Å². The van der Waals surface area contributed by atoms with E-state index in [4.69, 9.17) is 15.7 Å². The Kier molecular flexibility index (Phi) is 9.19. The Morgan fingerprint density at radius 1 is 1.33 bits per heavy atom. The van der Waals surface area contributed by atoms with Gasteiger partial charge in [-0.15, -0.1) is 11.8 Å². The maximum absolute atomic E-state index is 11.9. The molecule has 1 amide bonds. The van der Waals surface area contributed by atoms with E-state index in [0.717, 1.165) is 11.8 Å². The third-order valence-corrected chi connectivity index (χ3v) is 2.59. The van der Waals surface area contributed by atoms with E-state index in [9.17, 15) is 9.59 Å². The second-order valence-electron chi connectivity index (χ2n) is 3.19. The van der Waals surface area contributed by atoms with E-state index in [0.29, 0.717) is 0 Å². The summed E-state index contributed by atoms with van der Waals surface area (Å²) in [6, 6.07) is 0. The lowest BCUT2D eigenvalue weighted by Gasteiger charge is -2.11. The first-order valence-corrected chi connectivity index (χ1v) is 7.10. The quantitative estimate of drug-likeness (QED) is 0.115. The van der Waals surface area contributed by atoms with Crippen LogP contribution in [0.15, 0.2) is 15.7 Å². The zero-order valence-electron chi connectivity index (χ0n) is 11.9. The summed E-state index contributed by atoms with van der Waals surface area (Å²) in [5.74, 6) is -1.08. The van der Waals surface area contributed by atoms with Gasteiger partial charge in [-0.25, -0.2) is 15.0 Å². The van der Waals surface area contributed by atoms with E-state index in [2.05, 4.69) is 15.2 Å². The van der Waals surface area contributed by atoms with Crippen LogP contribution in [0, 0.1) is 11.5 Å². The number of nitriles is 1. The first kappa shape index (κ1) is 18.6. The number of amidine groups is 1. The second kappa shape index (κ2) is 10.4. The second-order valence-corrected chi connectivity index (χ2v) is 4.01. The fourth-order valence-electron chi connectivity index (χ4n) is 1.11. The van der Waals surface area contributed by atoms with Crippen LogP contribution in [-0.2, 0) is 14.3 Å². The molecule has 0 aromatic rings. The number of ether oxygens (including phenoxy) is 2. The molecular formula is C11H17N5O4S. The van der Waals surface area contributed by atoms with Gasteiger partial charge < -0.3 is 15.2 Å². The fourth-order valence-corrected chi connectivity index (χ4v) is 1.65. The SMILES string of the molecule is CCOC(=O)N/N=C(N)/C(C(=O)OCC)=C(/NC#N)SC. The minimum absolute atomic E-state index is 0.120. The van der Waals surface area contributed by atoms with Gasteiger partial charge in [0.2, 0.25) is 0 Å². The molecule has 0 spiro atoms. The Hall–Kier alpha value is -2.41. The summed E-state index contributed by atoms with van der Waals surface area (Å²) < 4.78 is 9.44. The number of esters is 1. The Bertz CT molecular complexity index is 483. The van der Waals surface area contributed by atoms with Crippen LogP contribution in [0.2, 0.25) is 0 Å². The minimum atomic E-state index is -0.817. The van der Waals surface area contributed by atoms with Crippen LogP contribution >= 0.6 is 11.8 Å². The van der Waals surface area contributed by atoms with Crippen LogP contribution in [-0.4, -0.2) is 37.4 Å². The molecule has 0 atom stereocenters. The van der Waals surface area contributed by atoms with Gasteiger partial charge in [0, 0.05) is 0 Å². The van der Waals surface area contributed by atoms with Crippen molar-refractivity contribution in [2.45, 2.75) is 13.8 Å². The highest BCUT2D eigenvalue weighted by Gasteiger charge is 2.21. The molecule has 0 saturated heterocycles. The molecule has 0 bridgehead atoms. The summed E-state index contributed by atoms with van der Waals surface area (Å²) in [5.41, 5.74) is 7.53. The largest absolute Gasteiger partial charge is 0.462 e. The molecule has 0 fully saturated rings. The predicted molar refractivity (Wildman–Crippen MR) is 77.7 cm³/mol. The zero-order valence-corrected chi connectivity index (χ0v) is 12.7. The van der Waals surface area contributed by atoms with E-state index < -0.39 is 12.1 Å². The molecular weight excluding hydrogens is 298 g/mol. The number of carbonyl (C=O) groups is 2. The van der Waals surface area contributed by atoms with Gasteiger partial charge in [-0.05, 0) is 20.1 Å². The monoisotopic (exact) mass is 315 g/mol. The first-order valence-electron chi connectivity index (χ1n) is 5.88. The fraction of sp³-hybridized carbons (Fsp3) is 0.455. The van der Waals surface area contributed by atoms with Gasteiger partial charge in [-0.3, -0.25) is 5.32 Å². The molecule has 9 nitrogen and oxygen atoms in total. The van der Waals surface area contributed by atoms with Crippen LogP contribution in [0.5, 0.6) is 0 Å². The molecule has 0 rings (SSSR count). The number of nitrogens with one attached hydrogen (secondary N) is 2. The highest BCUT2D eigenvalue weighted by atomic mass is 32.2. The number of rotatable bonds is 7. The molecule has 0 saturated carbocycles. The van der Waals surface area contributed by atoms with Gasteiger partial charge in [-0.2, -0.15) is 10.4 Å². The Balaban J connectivity index is 5.39. The number of amides is 1. The van der Waals surface area contributed by atoms with Gasteiger partial charge in [0.25, 0.3) is 0 Å². The molecule has 116 valence electrons. The third-order valence-electron chi connectivity index (χ3n) is 1.88. The number of carbonyl (C=O) groups excluding carboxylic acids is 2. The van der Waals surface area contributed by atoms with Crippen molar-refractivity contribution in [3.05, 3.63) is 10.6 Å². The topological polar surface area (TPSA) is 139 Å². The Labute approximate surface area is 126 Å². The average molecular weight is 315 g/mol. The zero-order chi connectivity index (χ0) is 16.3. The maximum atomic E-state index is 11.9. The van der Waals surface area contributed by atoms with Crippen LogP contribution in [0.25, 0.3) is 0 Å². The van der Waals surface area contributed by atoms with E-state index in [1.165, 1.54) is 0 Å². The van der Waals surface area contributed by atoms with E-state index in [1.807, 2.05) is 5.43 Å². The molecule has 21 heavy (non-hydrogen) atoms. The molecule has 4 N–H and O–H groups in total. The lowest BCUT2D eigenvalue weighted by molar-refractivity contribution is -0.137. The summed E-state index contributed by atoms with van der Waals surface area (Å²) in [6.45, 7) is 3.53. The summed E-state index contributed by atoms with van der Waals surface area (Å²) in [6.07, 6.45) is 2.49. The smallest absolute Gasteiger partial charge is 0.427 e. The predicted octanol–water partition coefficient (Wildman–Crippen LogP) is 0.213. The molecule has 0 radical (unpaired) electrons. The van der Waals surface area contributed by atoms with Crippen molar-refractivity contribution in [3.8, 4) is 6.19 Å². The van der Waals surface area contributed by atoms with E-state index in [1.54, 1.807) is 26.3 Å². The molecule has 0 aromatic carbocycles. The number of thioether (sulfide) groups is 1. The standard InChI is InChI=1S/C11H17N5O4S/c1-4-19-10(17)7(9(21-3)14-6-12)8(13)15-16-11(18)20-5-2/h14H,4-5H2,1-3H3,(H2,13,15)(H,16,18)/b9-7+. The van der Waals surface area contributed by atoms with Crippen molar-refractivity contribution in [1.29, 1.82) is 5.26 Å². The van der Waals surface area contributed by atoms with Crippen LogP contribution < -0.4 is 16.5 Å². The number of hydrazone groups is 1. The number of hydrogen-bond acceptors (Lipinski definition) is 8. The van der Waals surface area contributed by atoms with Crippen molar-refractivity contribution < 1.29 is 19.1 Å². The molecule has 0 unspecified atom stereocenters. The Morgan fingerprint density at radius 3 is 2.43 bits per heavy atom. The lowest BCUT2D eigenvalue weighted by Crippen LogP contribution is -2.30. The van der Waals surface area contributed by atoms with Crippen LogP contribution in [0.3, 0.4) is 0 Å². The number of nitrogens with two attached hydrogens (primary N) is 1. The van der Waals surface area contributed by atoms with Gasteiger partial charge in [0.05, 0.1) is 18.2 Å². The van der Waals surface area contributed by atoms with Gasteiger partial charge in [0.15, 0.2) is 12.0 Å². The summed E-state index contributed by atoms with van der Waals surface area (Å²) in [4.78, 5) is 23.0. The van der Waals surface area contributed by atoms with Crippen LogP contribution in [0.4, 0.5) is 4.79 Å². The summed E-state index contributed by atoms with van der Waals surface area (Å²) in [5, 5.41) is 14.7. The van der Waals surface area contributed by atoms with Crippen molar-refractivity contribution in [1.82, 2.24) is 10.7 Å². The van der Waals surface area contributed by atoms with Gasteiger partial charge in [-0.1, -0.05) is 0 Å². The number of nitrogens with zero attached hydrogens (tertiary/aromatic N) is 2. The van der Waals surface area contributed by atoms with E-state index >= 15 is 0 Å². The normalized spacial score (nSPS) is 11.8. The van der Waals surface area contributed by atoms with Gasteiger partial charge in [0.1, 0.15) is 5.57 Å². The molecule has 10 heteroatoms. The highest BCUT2D eigenvalue weighted by molar-refractivity contribution is 8.02. The summed E-state index contributed by atoms with van der Waals surface area (Å²) in [7, 11) is 0. The molecule has 0 heterocycles.